The molecule has 0 aliphatic carbocycles. The minimum atomic E-state index is -3.11. The van der Waals surface area contributed by atoms with Crippen LogP contribution in [0.1, 0.15) is 12.0 Å². The molecular formula is C15H25ClN2O4S. The second-order valence-corrected chi connectivity index (χ2v) is 7.66. The van der Waals surface area contributed by atoms with Crippen molar-refractivity contribution in [1.82, 2.24) is 4.90 Å². The maximum atomic E-state index is 12.0. The number of benzene rings is 1. The third-order valence-corrected chi connectivity index (χ3v) is 4.25. The molecule has 2 N–H and O–H groups in total. The van der Waals surface area contributed by atoms with E-state index in [1.165, 1.54) is 4.90 Å². The zero-order valence-electron chi connectivity index (χ0n) is 13.7. The Morgan fingerprint density at radius 1 is 1.35 bits per heavy atom. The summed E-state index contributed by atoms with van der Waals surface area (Å²) in [4.78, 5) is 13.5. The first-order chi connectivity index (χ1) is 10.2. The topological polar surface area (TPSA) is 89.7 Å². The van der Waals surface area contributed by atoms with Crippen molar-refractivity contribution in [2.24, 2.45) is 5.73 Å². The second-order valence-electron chi connectivity index (χ2n) is 5.40. The van der Waals surface area contributed by atoms with Crippen LogP contribution in [0.15, 0.2) is 24.3 Å². The van der Waals surface area contributed by atoms with Gasteiger partial charge >= 0.3 is 0 Å². The normalized spacial score (nSPS) is 12.2. The summed E-state index contributed by atoms with van der Waals surface area (Å²) < 4.78 is 27.8. The van der Waals surface area contributed by atoms with E-state index in [9.17, 15) is 13.2 Å². The van der Waals surface area contributed by atoms with Gasteiger partial charge in [-0.25, -0.2) is 8.42 Å². The number of likely N-dealkylation sites (N-methyl/N-ethyl adjacent to an activating group) is 1. The molecule has 1 aromatic carbocycles. The molecular weight excluding hydrogens is 340 g/mol. The van der Waals surface area contributed by atoms with Gasteiger partial charge in [0, 0.05) is 13.3 Å². The molecule has 1 rings (SSSR count). The molecule has 0 bridgehead atoms. The fourth-order valence-corrected chi connectivity index (χ4v) is 2.55. The van der Waals surface area contributed by atoms with E-state index in [2.05, 4.69) is 0 Å². The smallest absolute Gasteiger partial charge is 0.239 e. The fraction of sp³-hybridized carbons (Fsp3) is 0.533. The largest absolute Gasteiger partial charge is 0.491 e. The SMILES string of the molecule is Cc1ccccc1OCCN(C)C(=O)C(N)CCS(C)(=O)=O.Cl. The fourth-order valence-electron chi connectivity index (χ4n) is 1.87. The molecule has 0 saturated carbocycles. The van der Waals surface area contributed by atoms with Gasteiger partial charge in [-0.1, -0.05) is 18.2 Å². The lowest BCUT2D eigenvalue weighted by atomic mass is 10.2. The van der Waals surface area contributed by atoms with Gasteiger partial charge in [0.05, 0.1) is 18.3 Å². The van der Waals surface area contributed by atoms with Crippen molar-refractivity contribution < 1.29 is 17.9 Å². The molecule has 1 aromatic rings. The summed E-state index contributed by atoms with van der Waals surface area (Å²) in [5.41, 5.74) is 6.76. The lowest BCUT2D eigenvalue weighted by Gasteiger charge is -2.21. The first-order valence-electron chi connectivity index (χ1n) is 7.07. The van der Waals surface area contributed by atoms with E-state index in [0.29, 0.717) is 13.2 Å². The predicted octanol–water partition coefficient (Wildman–Crippen LogP) is 1.02. The van der Waals surface area contributed by atoms with Crippen molar-refractivity contribution in [2.75, 3.05) is 32.2 Å². The summed E-state index contributed by atoms with van der Waals surface area (Å²) in [5, 5.41) is 0. The number of hydrogen-bond acceptors (Lipinski definition) is 5. The number of sulfone groups is 1. The number of carbonyl (C=O) groups excluding carboxylic acids is 1. The Labute approximate surface area is 144 Å². The number of hydrogen-bond donors (Lipinski definition) is 1. The molecule has 1 atom stereocenters. The molecule has 0 fully saturated rings. The molecule has 0 spiro atoms. The zero-order valence-corrected chi connectivity index (χ0v) is 15.3. The van der Waals surface area contributed by atoms with Crippen molar-refractivity contribution >= 4 is 28.2 Å². The van der Waals surface area contributed by atoms with Crippen LogP contribution >= 0.6 is 12.4 Å². The quantitative estimate of drug-likeness (QED) is 0.743. The summed E-state index contributed by atoms with van der Waals surface area (Å²) in [6.07, 6.45) is 1.25. The third kappa shape index (κ3) is 8.20. The van der Waals surface area contributed by atoms with Gasteiger partial charge < -0.3 is 15.4 Å². The molecule has 0 aliphatic heterocycles. The number of halogens is 1. The first-order valence-corrected chi connectivity index (χ1v) is 9.13. The summed E-state index contributed by atoms with van der Waals surface area (Å²) in [5.74, 6) is 0.412. The van der Waals surface area contributed by atoms with Gasteiger partial charge in [0.1, 0.15) is 22.2 Å². The molecule has 6 nitrogen and oxygen atoms in total. The van der Waals surface area contributed by atoms with Gasteiger partial charge in [-0.2, -0.15) is 0 Å². The Hall–Kier alpha value is -1.31. The van der Waals surface area contributed by atoms with Crippen molar-refractivity contribution in [1.29, 1.82) is 0 Å². The maximum absolute atomic E-state index is 12.0. The molecule has 0 aliphatic rings. The van der Waals surface area contributed by atoms with Crippen LogP contribution in [0.4, 0.5) is 0 Å². The highest BCUT2D eigenvalue weighted by Crippen LogP contribution is 2.15. The number of ether oxygens (including phenoxy) is 1. The van der Waals surface area contributed by atoms with E-state index in [-0.39, 0.29) is 30.5 Å². The first kappa shape index (κ1) is 21.7. The van der Waals surface area contributed by atoms with Crippen LogP contribution < -0.4 is 10.5 Å². The van der Waals surface area contributed by atoms with E-state index in [1.807, 2.05) is 31.2 Å². The molecule has 132 valence electrons. The van der Waals surface area contributed by atoms with E-state index in [0.717, 1.165) is 17.6 Å². The Morgan fingerprint density at radius 2 is 1.96 bits per heavy atom. The standard InChI is InChI=1S/C15H24N2O4S.ClH/c1-12-6-4-5-7-14(12)21-10-9-17(2)15(18)13(16)8-11-22(3,19)20;/h4-7,13H,8-11,16H2,1-3H3;1H. The van der Waals surface area contributed by atoms with E-state index in [4.69, 9.17) is 10.5 Å². The van der Waals surface area contributed by atoms with Crippen LogP contribution in [0, 0.1) is 6.92 Å². The highest BCUT2D eigenvalue weighted by atomic mass is 35.5. The number of rotatable bonds is 8. The average molecular weight is 365 g/mol. The summed E-state index contributed by atoms with van der Waals surface area (Å²) in [6.45, 7) is 2.69. The van der Waals surface area contributed by atoms with Crippen LogP contribution in [-0.4, -0.2) is 57.5 Å². The van der Waals surface area contributed by atoms with E-state index < -0.39 is 15.9 Å². The van der Waals surface area contributed by atoms with Crippen molar-refractivity contribution in [2.45, 2.75) is 19.4 Å². The average Bonchev–Trinajstić information content (AvgIpc) is 2.45. The molecule has 23 heavy (non-hydrogen) atoms. The van der Waals surface area contributed by atoms with Crippen molar-refractivity contribution in [3.05, 3.63) is 29.8 Å². The van der Waals surface area contributed by atoms with Crippen molar-refractivity contribution in [3.8, 4) is 5.75 Å². The van der Waals surface area contributed by atoms with Gasteiger partial charge in [-0.05, 0) is 25.0 Å². The van der Waals surface area contributed by atoms with Crippen LogP contribution in [0.3, 0.4) is 0 Å². The van der Waals surface area contributed by atoms with Gasteiger partial charge in [0.15, 0.2) is 0 Å². The lowest BCUT2D eigenvalue weighted by Crippen LogP contribution is -2.44. The Kier molecular flexibility index (Phi) is 9.19. The maximum Gasteiger partial charge on any atom is 0.239 e. The van der Waals surface area contributed by atoms with Crippen LogP contribution in [-0.2, 0) is 14.6 Å². The highest BCUT2D eigenvalue weighted by Gasteiger charge is 2.19. The number of nitrogens with two attached hydrogens (primary N) is 1. The Bertz CT molecular complexity index is 607. The van der Waals surface area contributed by atoms with Gasteiger partial charge in [-0.15, -0.1) is 12.4 Å². The van der Waals surface area contributed by atoms with Crippen LogP contribution in [0.25, 0.3) is 0 Å². The van der Waals surface area contributed by atoms with Gasteiger partial charge in [0.25, 0.3) is 0 Å². The number of para-hydroxylation sites is 1. The number of carbonyl (C=O) groups is 1. The molecule has 0 aromatic heterocycles. The highest BCUT2D eigenvalue weighted by molar-refractivity contribution is 7.90. The number of nitrogens with zero attached hydrogens (tertiary/aromatic N) is 1. The third-order valence-electron chi connectivity index (χ3n) is 3.27. The molecule has 0 radical (unpaired) electrons. The number of amides is 1. The second kappa shape index (κ2) is 9.75. The summed E-state index contributed by atoms with van der Waals surface area (Å²) in [6, 6.07) is 6.83. The molecule has 8 heteroatoms. The lowest BCUT2D eigenvalue weighted by molar-refractivity contribution is -0.131. The predicted molar refractivity (Wildman–Crippen MR) is 93.9 cm³/mol. The van der Waals surface area contributed by atoms with Gasteiger partial charge in [-0.3, -0.25) is 4.79 Å². The Balaban J connectivity index is 0.00000484. The van der Waals surface area contributed by atoms with Gasteiger partial charge in [0.2, 0.25) is 5.91 Å². The minimum absolute atomic E-state index is 0. The monoisotopic (exact) mass is 364 g/mol. The molecule has 1 amide bonds. The van der Waals surface area contributed by atoms with E-state index >= 15 is 0 Å². The molecule has 0 saturated heterocycles. The molecule has 1 unspecified atom stereocenters. The zero-order chi connectivity index (χ0) is 16.8. The van der Waals surface area contributed by atoms with Crippen LogP contribution in [0.5, 0.6) is 5.75 Å². The van der Waals surface area contributed by atoms with Crippen LogP contribution in [0.2, 0.25) is 0 Å². The minimum Gasteiger partial charge on any atom is -0.491 e. The Morgan fingerprint density at radius 3 is 2.52 bits per heavy atom. The number of aryl methyl sites for hydroxylation is 1. The summed E-state index contributed by atoms with van der Waals surface area (Å²) in [7, 11) is -1.48. The van der Waals surface area contributed by atoms with E-state index in [1.54, 1.807) is 7.05 Å². The summed E-state index contributed by atoms with van der Waals surface area (Å²) >= 11 is 0. The van der Waals surface area contributed by atoms with Crippen molar-refractivity contribution in [3.63, 3.8) is 0 Å². The molecule has 0 heterocycles.